The van der Waals surface area contributed by atoms with E-state index in [0.29, 0.717) is 11.4 Å². The van der Waals surface area contributed by atoms with Gasteiger partial charge in [0.25, 0.3) is 11.8 Å². The molecule has 1 aromatic heterocycles. The molecule has 146 valence electrons. The molecule has 1 aliphatic rings. The lowest BCUT2D eigenvalue weighted by atomic mass is 10.1. The summed E-state index contributed by atoms with van der Waals surface area (Å²) >= 11 is 0. The molecule has 2 heterocycles. The van der Waals surface area contributed by atoms with E-state index < -0.39 is 29.9 Å². The van der Waals surface area contributed by atoms with Crippen LogP contribution in [0, 0.1) is 0 Å². The van der Waals surface area contributed by atoms with E-state index in [2.05, 4.69) is 10.6 Å². The van der Waals surface area contributed by atoms with E-state index in [0.717, 1.165) is 0 Å². The molecule has 0 spiro atoms. The van der Waals surface area contributed by atoms with Gasteiger partial charge in [0, 0.05) is 0 Å². The van der Waals surface area contributed by atoms with Crippen molar-refractivity contribution in [1.29, 1.82) is 0 Å². The molecule has 0 saturated carbocycles. The van der Waals surface area contributed by atoms with Gasteiger partial charge in [-0.2, -0.15) is 0 Å². The summed E-state index contributed by atoms with van der Waals surface area (Å²) in [6.45, 7) is 2.67. The van der Waals surface area contributed by atoms with Crippen LogP contribution >= 0.6 is 0 Å². The van der Waals surface area contributed by atoms with E-state index in [1.807, 2.05) is 0 Å². The van der Waals surface area contributed by atoms with Gasteiger partial charge in [-0.15, -0.1) is 0 Å². The van der Waals surface area contributed by atoms with Crippen molar-refractivity contribution in [3.63, 3.8) is 0 Å². The number of ether oxygens (including phenoxy) is 1. The van der Waals surface area contributed by atoms with Crippen LogP contribution in [0.4, 0.5) is 11.4 Å². The Bertz CT molecular complexity index is 908. The van der Waals surface area contributed by atoms with Crippen LogP contribution in [0.2, 0.25) is 0 Å². The molecule has 0 unspecified atom stereocenters. The molecule has 2 aromatic rings. The first-order valence-electron chi connectivity index (χ1n) is 8.62. The smallest absolute Gasteiger partial charge is 0.329 e. The first kappa shape index (κ1) is 19.2. The average Bonchev–Trinajstić information content (AvgIpc) is 3.21. The number of fused-ring (bicyclic) bond motifs is 1. The number of nitrogens with one attached hydrogen (secondary N) is 2. The van der Waals surface area contributed by atoms with Crippen molar-refractivity contribution < 1.29 is 28.3 Å². The highest BCUT2D eigenvalue weighted by molar-refractivity contribution is 6.11. The molecule has 9 nitrogen and oxygen atoms in total. The molecule has 3 rings (SSSR count). The number of esters is 1. The highest BCUT2D eigenvalue weighted by atomic mass is 16.5. The number of furan rings is 1. The standard InChI is InChI=1S/C19H19N3O6/c1-11(20-17(24)15-8-5-9-27-15)19(26)28-12(2)18(25)22-10-16(23)21-13-6-3-4-7-14(13)22/h3-9,11-12H,10H2,1-2H3,(H,20,24)(H,21,23)/t11-,12-/m0/s1. The fourth-order valence-electron chi connectivity index (χ4n) is 2.71. The average molecular weight is 385 g/mol. The van der Waals surface area contributed by atoms with Crippen LogP contribution in [0.1, 0.15) is 24.4 Å². The van der Waals surface area contributed by atoms with Gasteiger partial charge >= 0.3 is 5.97 Å². The van der Waals surface area contributed by atoms with Crippen LogP contribution in [0.5, 0.6) is 0 Å². The Labute approximate surface area is 160 Å². The number of para-hydroxylation sites is 2. The van der Waals surface area contributed by atoms with Gasteiger partial charge in [0.15, 0.2) is 11.9 Å². The molecule has 0 aliphatic carbocycles. The van der Waals surface area contributed by atoms with Gasteiger partial charge in [-0.3, -0.25) is 19.3 Å². The molecule has 0 radical (unpaired) electrons. The summed E-state index contributed by atoms with van der Waals surface area (Å²) in [7, 11) is 0. The summed E-state index contributed by atoms with van der Waals surface area (Å²) in [6.07, 6.45) is 0.194. The summed E-state index contributed by atoms with van der Waals surface area (Å²) in [5.41, 5.74) is 1.03. The fourth-order valence-corrected chi connectivity index (χ4v) is 2.71. The predicted octanol–water partition coefficient (Wildman–Crippen LogP) is 1.31. The lowest BCUT2D eigenvalue weighted by Crippen LogP contribution is -2.48. The maximum Gasteiger partial charge on any atom is 0.329 e. The number of carbonyl (C=O) groups is 4. The molecule has 28 heavy (non-hydrogen) atoms. The number of carbonyl (C=O) groups excluding carboxylic acids is 4. The van der Waals surface area contributed by atoms with E-state index in [9.17, 15) is 19.2 Å². The molecule has 9 heteroatoms. The summed E-state index contributed by atoms with van der Waals surface area (Å²) in [5, 5.41) is 5.11. The van der Waals surface area contributed by atoms with Gasteiger partial charge in [0.1, 0.15) is 12.6 Å². The van der Waals surface area contributed by atoms with Gasteiger partial charge in [-0.05, 0) is 38.1 Å². The Hall–Kier alpha value is -3.62. The van der Waals surface area contributed by atoms with Gasteiger partial charge in [-0.25, -0.2) is 4.79 Å². The second-order valence-corrected chi connectivity index (χ2v) is 6.24. The topological polar surface area (TPSA) is 118 Å². The molecule has 0 fully saturated rings. The normalized spacial score (nSPS) is 15.1. The summed E-state index contributed by atoms with van der Waals surface area (Å²) in [5.74, 6) is -2.19. The minimum atomic E-state index is -1.14. The van der Waals surface area contributed by atoms with Crippen LogP contribution in [-0.4, -0.2) is 42.4 Å². The number of benzene rings is 1. The maximum absolute atomic E-state index is 12.7. The van der Waals surface area contributed by atoms with E-state index in [-0.39, 0.29) is 18.2 Å². The van der Waals surface area contributed by atoms with E-state index >= 15 is 0 Å². The Balaban J connectivity index is 1.63. The molecule has 3 amide bonds. The van der Waals surface area contributed by atoms with Crippen molar-refractivity contribution in [2.45, 2.75) is 26.0 Å². The van der Waals surface area contributed by atoms with Crippen LogP contribution < -0.4 is 15.5 Å². The van der Waals surface area contributed by atoms with Crippen molar-refractivity contribution in [3.8, 4) is 0 Å². The monoisotopic (exact) mass is 385 g/mol. The third kappa shape index (κ3) is 4.03. The van der Waals surface area contributed by atoms with Gasteiger partial charge < -0.3 is 19.8 Å². The predicted molar refractivity (Wildman–Crippen MR) is 98.6 cm³/mol. The van der Waals surface area contributed by atoms with E-state index in [4.69, 9.17) is 9.15 Å². The second kappa shape index (κ2) is 7.95. The Morgan fingerprint density at radius 1 is 1.18 bits per heavy atom. The number of rotatable bonds is 5. The number of anilines is 2. The zero-order valence-electron chi connectivity index (χ0n) is 15.3. The lowest BCUT2D eigenvalue weighted by Gasteiger charge is -2.31. The SMILES string of the molecule is C[C@H](NC(=O)c1ccco1)C(=O)O[C@@H](C)C(=O)N1CC(=O)Nc2ccccc21. The second-order valence-electron chi connectivity index (χ2n) is 6.24. The van der Waals surface area contributed by atoms with E-state index in [1.165, 1.54) is 31.1 Å². The van der Waals surface area contributed by atoms with Gasteiger partial charge in [0.2, 0.25) is 5.91 Å². The Morgan fingerprint density at radius 3 is 2.64 bits per heavy atom. The maximum atomic E-state index is 12.7. The van der Waals surface area contributed by atoms with Crippen LogP contribution in [0.25, 0.3) is 0 Å². The number of hydrogen-bond donors (Lipinski definition) is 2. The van der Waals surface area contributed by atoms with Crippen LogP contribution in [0.15, 0.2) is 47.1 Å². The zero-order valence-corrected chi connectivity index (χ0v) is 15.3. The van der Waals surface area contributed by atoms with Crippen molar-refractivity contribution in [3.05, 3.63) is 48.4 Å². The molecule has 0 saturated heterocycles. The first-order valence-corrected chi connectivity index (χ1v) is 8.62. The molecule has 2 N–H and O–H groups in total. The Kier molecular flexibility index (Phi) is 5.44. The lowest BCUT2D eigenvalue weighted by molar-refractivity contribution is -0.155. The Morgan fingerprint density at radius 2 is 1.93 bits per heavy atom. The molecular weight excluding hydrogens is 366 g/mol. The highest BCUT2D eigenvalue weighted by Crippen LogP contribution is 2.29. The van der Waals surface area contributed by atoms with Crippen molar-refractivity contribution >= 4 is 35.1 Å². The number of nitrogens with zero attached hydrogens (tertiary/aromatic N) is 1. The van der Waals surface area contributed by atoms with Gasteiger partial charge in [0.05, 0.1) is 17.6 Å². The third-order valence-electron chi connectivity index (χ3n) is 4.12. The molecular formula is C19H19N3O6. The fraction of sp³-hybridized carbons (Fsp3) is 0.263. The summed E-state index contributed by atoms with van der Waals surface area (Å²) in [4.78, 5) is 50.0. The van der Waals surface area contributed by atoms with Crippen molar-refractivity contribution in [1.82, 2.24) is 5.32 Å². The van der Waals surface area contributed by atoms with E-state index in [1.54, 1.807) is 30.3 Å². The largest absolute Gasteiger partial charge is 0.459 e. The minimum Gasteiger partial charge on any atom is -0.459 e. The number of amides is 3. The summed E-state index contributed by atoms with van der Waals surface area (Å²) in [6, 6.07) is 8.84. The summed E-state index contributed by atoms with van der Waals surface area (Å²) < 4.78 is 10.1. The van der Waals surface area contributed by atoms with Crippen molar-refractivity contribution in [2.75, 3.05) is 16.8 Å². The van der Waals surface area contributed by atoms with Gasteiger partial charge in [-0.1, -0.05) is 12.1 Å². The quantitative estimate of drug-likeness (QED) is 0.750. The number of hydrogen-bond acceptors (Lipinski definition) is 6. The molecule has 1 aliphatic heterocycles. The zero-order chi connectivity index (χ0) is 20.3. The molecule has 0 bridgehead atoms. The van der Waals surface area contributed by atoms with Crippen molar-refractivity contribution in [2.24, 2.45) is 0 Å². The van der Waals surface area contributed by atoms with Crippen LogP contribution in [-0.2, 0) is 19.1 Å². The first-order chi connectivity index (χ1) is 13.4. The molecule has 1 aromatic carbocycles. The molecule has 2 atom stereocenters. The van der Waals surface area contributed by atoms with Crippen LogP contribution in [0.3, 0.4) is 0 Å². The third-order valence-corrected chi connectivity index (χ3v) is 4.12. The highest BCUT2D eigenvalue weighted by Gasteiger charge is 2.32. The minimum absolute atomic E-state index is 0.0553.